The zero-order valence-electron chi connectivity index (χ0n) is 11.5. The van der Waals surface area contributed by atoms with E-state index in [0.717, 1.165) is 24.2 Å². The highest BCUT2D eigenvalue weighted by Gasteiger charge is 2.53. The minimum atomic E-state index is 0.0174. The highest BCUT2D eigenvalue weighted by atomic mass is 16.3. The quantitative estimate of drug-likeness (QED) is 0.674. The van der Waals surface area contributed by atoms with Crippen LogP contribution in [-0.2, 0) is 0 Å². The summed E-state index contributed by atoms with van der Waals surface area (Å²) in [5, 5.41) is 10.3. The van der Waals surface area contributed by atoms with Crippen molar-refractivity contribution < 1.29 is 5.11 Å². The van der Waals surface area contributed by atoms with Gasteiger partial charge in [0.25, 0.3) is 0 Å². The molecule has 1 nitrogen and oxygen atoms in total. The van der Waals surface area contributed by atoms with Crippen molar-refractivity contribution in [2.45, 2.75) is 71.3 Å². The highest BCUT2D eigenvalue weighted by Crippen LogP contribution is 2.60. The molecule has 3 aliphatic carbocycles. The topological polar surface area (TPSA) is 20.2 Å². The van der Waals surface area contributed by atoms with Crippen molar-refractivity contribution in [1.82, 2.24) is 0 Å². The molecule has 0 spiro atoms. The number of fused-ring (bicyclic) bond motifs is 3. The molecule has 0 heterocycles. The standard InChI is InChI=1S/C16H28O/c1-11-5-4-10-16(2)13(11)9-8-12-14(16)6-3-7-15(12)17/h11-15,17H,3-10H2,1-2H3/t11-,12?,13+,14+,15+,16+/m0/s1. The van der Waals surface area contributed by atoms with Crippen LogP contribution in [0.15, 0.2) is 0 Å². The van der Waals surface area contributed by atoms with E-state index in [1.807, 2.05) is 0 Å². The van der Waals surface area contributed by atoms with Crippen molar-refractivity contribution >= 4 is 0 Å². The first-order valence-electron chi connectivity index (χ1n) is 7.81. The van der Waals surface area contributed by atoms with Crippen LogP contribution in [0.5, 0.6) is 0 Å². The maximum Gasteiger partial charge on any atom is 0.0571 e. The van der Waals surface area contributed by atoms with Gasteiger partial charge in [0, 0.05) is 0 Å². The molecule has 0 aromatic carbocycles. The molecule has 3 saturated carbocycles. The van der Waals surface area contributed by atoms with Crippen LogP contribution in [0.2, 0.25) is 0 Å². The first-order valence-corrected chi connectivity index (χ1v) is 7.81. The van der Waals surface area contributed by atoms with Gasteiger partial charge in [0.2, 0.25) is 0 Å². The predicted molar refractivity (Wildman–Crippen MR) is 70.7 cm³/mol. The number of rotatable bonds is 0. The summed E-state index contributed by atoms with van der Waals surface area (Å²) in [6.45, 7) is 5.03. The van der Waals surface area contributed by atoms with Crippen molar-refractivity contribution in [1.29, 1.82) is 0 Å². The fraction of sp³-hybridized carbons (Fsp3) is 1.00. The van der Waals surface area contributed by atoms with Gasteiger partial charge in [-0.1, -0.05) is 33.1 Å². The van der Waals surface area contributed by atoms with Crippen molar-refractivity contribution in [3.8, 4) is 0 Å². The minimum Gasteiger partial charge on any atom is -0.393 e. The molecule has 0 bridgehead atoms. The van der Waals surface area contributed by atoms with E-state index in [0.29, 0.717) is 11.3 Å². The molecule has 0 aromatic heterocycles. The van der Waals surface area contributed by atoms with Crippen LogP contribution in [0, 0.1) is 29.1 Å². The normalized spacial score (nSPS) is 54.9. The van der Waals surface area contributed by atoms with Crippen molar-refractivity contribution in [2.24, 2.45) is 29.1 Å². The van der Waals surface area contributed by atoms with Gasteiger partial charge in [-0.3, -0.25) is 0 Å². The monoisotopic (exact) mass is 236 g/mol. The molecule has 6 atom stereocenters. The molecular weight excluding hydrogens is 208 g/mol. The average molecular weight is 236 g/mol. The molecule has 1 unspecified atom stereocenters. The van der Waals surface area contributed by atoms with E-state index in [1.54, 1.807) is 0 Å². The van der Waals surface area contributed by atoms with E-state index in [2.05, 4.69) is 13.8 Å². The summed E-state index contributed by atoms with van der Waals surface area (Å²) in [5.41, 5.74) is 0.558. The molecule has 0 radical (unpaired) electrons. The summed E-state index contributed by atoms with van der Waals surface area (Å²) >= 11 is 0. The summed E-state index contributed by atoms with van der Waals surface area (Å²) in [7, 11) is 0. The molecule has 1 N–H and O–H groups in total. The second kappa shape index (κ2) is 4.26. The number of aliphatic hydroxyl groups excluding tert-OH is 1. The smallest absolute Gasteiger partial charge is 0.0571 e. The molecule has 0 saturated heterocycles. The molecule has 3 fully saturated rings. The summed E-state index contributed by atoms with van der Waals surface area (Å²) in [5.74, 6) is 3.33. The number of aliphatic hydroxyl groups is 1. The van der Waals surface area contributed by atoms with Gasteiger partial charge in [-0.25, -0.2) is 0 Å². The van der Waals surface area contributed by atoms with Gasteiger partial charge in [-0.2, -0.15) is 0 Å². The molecule has 3 aliphatic rings. The molecule has 0 aliphatic heterocycles. The number of hydrogen-bond donors (Lipinski definition) is 1. The Kier molecular flexibility index (Phi) is 3.01. The molecule has 98 valence electrons. The van der Waals surface area contributed by atoms with Crippen molar-refractivity contribution in [2.75, 3.05) is 0 Å². The van der Waals surface area contributed by atoms with Gasteiger partial charge in [-0.15, -0.1) is 0 Å². The van der Waals surface area contributed by atoms with Crippen LogP contribution in [0.4, 0.5) is 0 Å². The van der Waals surface area contributed by atoms with Crippen LogP contribution >= 0.6 is 0 Å². The molecule has 17 heavy (non-hydrogen) atoms. The predicted octanol–water partition coefficient (Wildman–Crippen LogP) is 4.00. The lowest BCUT2D eigenvalue weighted by atomic mass is 9.47. The Morgan fingerprint density at radius 1 is 0.941 bits per heavy atom. The van der Waals surface area contributed by atoms with Crippen LogP contribution < -0.4 is 0 Å². The molecule has 1 heteroatoms. The maximum absolute atomic E-state index is 10.3. The molecule has 0 aromatic rings. The Hall–Kier alpha value is -0.0400. The Labute approximate surface area is 106 Å². The summed E-state index contributed by atoms with van der Waals surface area (Å²) in [6.07, 6.45) is 10.7. The average Bonchev–Trinajstić information content (AvgIpc) is 2.30. The lowest BCUT2D eigenvalue weighted by molar-refractivity contribution is -0.114. The summed E-state index contributed by atoms with van der Waals surface area (Å²) in [4.78, 5) is 0. The van der Waals surface area contributed by atoms with Crippen LogP contribution in [0.1, 0.15) is 65.2 Å². The zero-order valence-corrected chi connectivity index (χ0v) is 11.5. The van der Waals surface area contributed by atoms with Gasteiger partial charge in [-0.05, 0) is 61.2 Å². The third kappa shape index (κ3) is 1.77. The fourth-order valence-corrected chi connectivity index (χ4v) is 5.74. The van der Waals surface area contributed by atoms with Gasteiger partial charge in [0.05, 0.1) is 6.10 Å². The Morgan fingerprint density at radius 3 is 2.59 bits per heavy atom. The van der Waals surface area contributed by atoms with Crippen molar-refractivity contribution in [3.05, 3.63) is 0 Å². The first-order chi connectivity index (χ1) is 8.13. The third-order valence-electron chi connectivity index (χ3n) is 6.59. The van der Waals surface area contributed by atoms with Crippen LogP contribution in [0.25, 0.3) is 0 Å². The lowest BCUT2D eigenvalue weighted by Crippen LogP contribution is -2.52. The lowest BCUT2D eigenvalue weighted by Gasteiger charge is -2.58. The van der Waals surface area contributed by atoms with E-state index >= 15 is 0 Å². The van der Waals surface area contributed by atoms with E-state index in [9.17, 15) is 5.11 Å². The summed E-state index contributed by atoms with van der Waals surface area (Å²) < 4.78 is 0. The molecule has 3 rings (SSSR count). The second-order valence-corrected chi connectivity index (χ2v) is 7.33. The van der Waals surface area contributed by atoms with E-state index in [4.69, 9.17) is 0 Å². The van der Waals surface area contributed by atoms with Crippen LogP contribution in [0.3, 0.4) is 0 Å². The minimum absolute atomic E-state index is 0.0174. The van der Waals surface area contributed by atoms with Crippen molar-refractivity contribution in [3.63, 3.8) is 0 Å². The van der Waals surface area contributed by atoms with Gasteiger partial charge in [0.1, 0.15) is 0 Å². The largest absolute Gasteiger partial charge is 0.393 e. The first kappa shape index (κ1) is 12.0. The van der Waals surface area contributed by atoms with E-state index in [-0.39, 0.29) is 6.10 Å². The zero-order chi connectivity index (χ0) is 12.0. The second-order valence-electron chi connectivity index (χ2n) is 7.33. The van der Waals surface area contributed by atoms with Gasteiger partial charge in [0.15, 0.2) is 0 Å². The van der Waals surface area contributed by atoms with Gasteiger partial charge < -0.3 is 5.11 Å². The van der Waals surface area contributed by atoms with E-state index < -0.39 is 0 Å². The molecule has 0 amide bonds. The Balaban J connectivity index is 1.88. The Morgan fingerprint density at radius 2 is 1.76 bits per heavy atom. The SMILES string of the molecule is C[C@H]1CCC[C@@]2(C)[C@@H]3CCC[C@@H](O)C3CC[C@H]12. The third-order valence-corrected chi connectivity index (χ3v) is 6.59. The number of hydrogen-bond acceptors (Lipinski definition) is 1. The van der Waals surface area contributed by atoms with Crippen LogP contribution in [-0.4, -0.2) is 11.2 Å². The summed E-state index contributed by atoms with van der Waals surface area (Å²) in [6, 6.07) is 0. The fourth-order valence-electron chi connectivity index (χ4n) is 5.74. The Bertz CT molecular complexity index is 287. The van der Waals surface area contributed by atoms with E-state index in [1.165, 1.54) is 44.9 Å². The van der Waals surface area contributed by atoms with Gasteiger partial charge >= 0.3 is 0 Å². The maximum atomic E-state index is 10.3. The molecular formula is C16H28O. The highest BCUT2D eigenvalue weighted by molar-refractivity contribution is 5.02.